The molecule has 162 valence electrons. The summed E-state index contributed by atoms with van der Waals surface area (Å²) in [6.07, 6.45) is 1.84. The molecular weight excluding hydrogens is 384 g/mol. The number of aliphatic hydroxyl groups is 1. The molecule has 2 heterocycles. The van der Waals surface area contributed by atoms with Gasteiger partial charge in [0.15, 0.2) is 0 Å². The normalized spacial score (nSPS) is 26.4. The fourth-order valence-corrected chi connectivity index (χ4v) is 4.89. The van der Waals surface area contributed by atoms with Crippen LogP contribution in [-0.4, -0.2) is 60.1 Å². The highest BCUT2D eigenvalue weighted by Gasteiger charge is 2.42. The number of aliphatic hydroxyl groups excluding tert-OH is 1. The molecule has 4 rings (SSSR count). The molecule has 4 atom stereocenters. The van der Waals surface area contributed by atoms with E-state index in [1.807, 2.05) is 13.8 Å². The van der Waals surface area contributed by atoms with Crippen molar-refractivity contribution in [3.05, 3.63) is 46.8 Å². The van der Waals surface area contributed by atoms with E-state index in [2.05, 4.69) is 10.1 Å². The summed E-state index contributed by atoms with van der Waals surface area (Å²) in [5.41, 5.74) is 2.67. The maximum Gasteiger partial charge on any atom is 0.337 e. The van der Waals surface area contributed by atoms with Gasteiger partial charge < -0.3 is 24.0 Å². The number of hydrogen-bond donors (Lipinski definition) is 1. The number of carbonyl (C=O) groups excluding carboxylic acids is 1. The van der Waals surface area contributed by atoms with Gasteiger partial charge >= 0.3 is 5.97 Å². The maximum absolute atomic E-state index is 11.6. The molecule has 2 fully saturated rings. The summed E-state index contributed by atoms with van der Waals surface area (Å²) in [7, 11) is 1.36. The first-order valence-corrected chi connectivity index (χ1v) is 10.6. The predicted octanol–water partition coefficient (Wildman–Crippen LogP) is 2.77. The summed E-state index contributed by atoms with van der Waals surface area (Å²) >= 11 is 0. The minimum atomic E-state index is -0.478. The predicted molar refractivity (Wildman–Crippen MR) is 111 cm³/mol. The van der Waals surface area contributed by atoms with Gasteiger partial charge in [-0.3, -0.25) is 0 Å². The summed E-state index contributed by atoms with van der Waals surface area (Å²) < 4.78 is 16.1. The average molecular weight is 415 g/mol. The molecule has 1 saturated heterocycles. The fraction of sp³-hybridized carbons (Fsp3) is 0.565. The molecule has 1 aromatic carbocycles. The first-order chi connectivity index (χ1) is 14.4. The van der Waals surface area contributed by atoms with Crippen LogP contribution in [0, 0.1) is 25.7 Å². The van der Waals surface area contributed by atoms with Gasteiger partial charge in [-0.2, -0.15) is 0 Å². The third-order valence-corrected chi connectivity index (χ3v) is 6.58. The SMILES string of the molecule is COC(=O)c1ccc(O[C@H]2C[C@@H]3CN(CCc4c(C)noc4C)C[C@@H]3C[C@@H]2O)cc1. The zero-order valence-electron chi connectivity index (χ0n) is 17.8. The van der Waals surface area contributed by atoms with E-state index in [0.29, 0.717) is 23.1 Å². The number of carbonyl (C=O) groups is 1. The standard InChI is InChI=1S/C23H30N2O5/c1-14-20(15(2)30-24-14)8-9-25-12-17-10-21(26)22(11-18(17)13-25)29-19-6-4-16(5-7-19)23(27)28-3/h4-7,17-18,21-22,26H,8-13H2,1-3H3/t17-,18+,21-,22-/m0/s1. The molecule has 1 saturated carbocycles. The molecule has 1 aliphatic carbocycles. The van der Waals surface area contributed by atoms with Crippen LogP contribution in [0.3, 0.4) is 0 Å². The van der Waals surface area contributed by atoms with Gasteiger partial charge in [-0.15, -0.1) is 0 Å². The van der Waals surface area contributed by atoms with Crippen molar-refractivity contribution in [2.24, 2.45) is 11.8 Å². The molecule has 7 nitrogen and oxygen atoms in total. The van der Waals surface area contributed by atoms with Crippen LogP contribution in [0.1, 0.15) is 40.2 Å². The van der Waals surface area contributed by atoms with Crippen molar-refractivity contribution in [3.8, 4) is 5.75 Å². The molecule has 0 radical (unpaired) electrons. The molecule has 0 unspecified atom stereocenters. The first kappa shape index (κ1) is 20.9. The molecular formula is C23H30N2O5. The summed E-state index contributed by atoms with van der Waals surface area (Å²) in [4.78, 5) is 14.1. The van der Waals surface area contributed by atoms with Gasteiger partial charge in [0.05, 0.1) is 24.5 Å². The van der Waals surface area contributed by atoms with E-state index in [9.17, 15) is 9.90 Å². The minimum Gasteiger partial charge on any atom is -0.488 e. The second kappa shape index (κ2) is 8.78. The van der Waals surface area contributed by atoms with Crippen molar-refractivity contribution in [3.63, 3.8) is 0 Å². The van der Waals surface area contributed by atoms with E-state index in [0.717, 1.165) is 50.4 Å². The maximum atomic E-state index is 11.6. The summed E-state index contributed by atoms with van der Waals surface area (Å²) in [5.74, 6) is 2.23. The van der Waals surface area contributed by atoms with Gasteiger partial charge in [-0.1, -0.05) is 5.16 Å². The lowest BCUT2D eigenvalue weighted by Crippen LogP contribution is -2.42. The van der Waals surface area contributed by atoms with Crippen LogP contribution in [-0.2, 0) is 11.2 Å². The number of aryl methyl sites for hydroxylation is 2. The zero-order valence-corrected chi connectivity index (χ0v) is 17.8. The van der Waals surface area contributed by atoms with E-state index < -0.39 is 6.10 Å². The second-order valence-corrected chi connectivity index (χ2v) is 8.54. The Balaban J connectivity index is 1.32. The van der Waals surface area contributed by atoms with Gasteiger partial charge in [0.2, 0.25) is 0 Å². The van der Waals surface area contributed by atoms with Crippen LogP contribution >= 0.6 is 0 Å². The zero-order chi connectivity index (χ0) is 21.3. The van der Waals surface area contributed by atoms with Crippen molar-refractivity contribution in [1.82, 2.24) is 10.1 Å². The molecule has 1 N–H and O–H groups in total. The van der Waals surface area contributed by atoms with E-state index in [1.165, 1.54) is 12.7 Å². The van der Waals surface area contributed by atoms with Gasteiger partial charge in [0.1, 0.15) is 17.6 Å². The van der Waals surface area contributed by atoms with Crippen molar-refractivity contribution >= 4 is 5.97 Å². The quantitative estimate of drug-likeness (QED) is 0.728. The van der Waals surface area contributed by atoms with Crippen molar-refractivity contribution in [2.45, 2.75) is 45.3 Å². The lowest BCUT2D eigenvalue weighted by Gasteiger charge is -2.35. The molecule has 1 aliphatic heterocycles. The fourth-order valence-electron chi connectivity index (χ4n) is 4.89. The van der Waals surface area contributed by atoms with Crippen LogP contribution in [0.25, 0.3) is 0 Å². The molecule has 7 heteroatoms. The number of aromatic nitrogens is 1. The Kier molecular flexibility index (Phi) is 6.11. The smallest absolute Gasteiger partial charge is 0.337 e. The Morgan fingerprint density at radius 3 is 2.53 bits per heavy atom. The minimum absolute atomic E-state index is 0.224. The molecule has 0 amide bonds. The molecule has 0 spiro atoms. The number of fused-ring (bicyclic) bond motifs is 1. The Morgan fingerprint density at radius 1 is 1.20 bits per heavy atom. The van der Waals surface area contributed by atoms with Crippen LogP contribution in [0.5, 0.6) is 5.75 Å². The first-order valence-electron chi connectivity index (χ1n) is 10.6. The van der Waals surface area contributed by atoms with Gasteiger partial charge in [-0.05, 0) is 69.2 Å². The van der Waals surface area contributed by atoms with Crippen LogP contribution < -0.4 is 4.74 Å². The van der Waals surface area contributed by atoms with Crippen molar-refractivity contribution in [2.75, 3.05) is 26.7 Å². The molecule has 1 aromatic heterocycles. The summed E-state index contributed by atoms with van der Waals surface area (Å²) in [6.45, 7) is 6.99. The van der Waals surface area contributed by atoms with Gasteiger partial charge in [-0.25, -0.2) is 4.79 Å². The highest BCUT2D eigenvalue weighted by molar-refractivity contribution is 5.89. The number of nitrogens with zero attached hydrogens (tertiary/aromatic N) is 2. The topological polar surface area (TPSA) is 85.0 Å². The average Bonchev–Trinajstić information content (AvgIpc) is 3.28. The highest BCUT2D eigenvalue weighted by Crippen LogP contribution is 2.38. The van der Waals surface area contributed by atoms with E-state index in [-0.39, 0.29) is 12.1 Å². The van der Waals surface area contributed by atoms with Gasteiger partial charge in [0, 0.05) is 25.2 Å². The van der Waals surface area contributed by atoms with Crippen LogP contribution in [0.4, 0.5) is 0 Å². The molecule has 2 aliphatic rings. The lowest BCUT2D eigenvalue weighted by atomic mass is 9.78. The number of methoxy groups -OCH3 is 1. The number of esters is 1. The lowest BCUT2D eigenvalue weighted by molar-refractivity contribution is -0.0231. The monoisotopic (exact) mass is 414 g/mol. The van der Waals surface area contributed by atoms with Gasteiger partial charge in [0.25, 0.3) is 0 Å². The summed E-state index contributed by atoms with van der Waals surface area (Å²) in [5, 5.41) is 14.7. The number of rotatable bonds is 6. The van der Waals surface area contributed by atoms with Crippen molar-refractivity contribution in [1.29, 1.82) is 0 Å². The largest absolute Gasteiger partial charge is 0.488 e. The Bertz CT molecular complexity index is 859. The summed E-state index contributed by atoms with van der Waals surface area (Å²) in [6, 6.07) is 6.89. The molecule has 0 bridgehead atoms. The number of ether oxygens (including phenoxy) is 2. The van der Waals surface area contributed by atoms with E-state index >= 15 is 0 Å². The van der Waals surface area contributed by atoms with Crippen molar-refractivity contribution < 1.29 is 23.9 Å². The Morgan fingerprint density at radius 2 is 1.90 bits per heavy atom. The van der Waals surface area contributed by atoms with E-state index in [4.69, 9.17) is 14.0 Å². The second-order valence-electron chi connectivity index (χ2n) is 8.54. The molecule has 30 heavy (non-hydrogen) atoms. The van der Waals surface area contributed by atoms with E-state index in [1.54, 1.807) is 24.3 Å². The van der Waals surface area contributed by atoms with Crippen LogP contribution in [0.15, 0.2) is 28.8 Å². The number of hydrogen-bond acceptors (Lipinski definition) is 7. The third kappa shape index (κ3) is 4.37. The Hall–Kier alpha value is -2.38. The highest BCUT2D eigenvalue weighted by atomic mass is 16.5. The Labute approximate surface area is 176 Å². The number of likely N-dealkylation sites (tertiary alicyclic amines) is 1. The molecule has 2 aromatic rings. The number of benzene rings is 1. The third-order valence-electron chi connectivity index (χ3n) is 6.58. The van der Waals surface area contributed by atoms with Crippen LogP contribution in [0.2, 0.25) is 0 Å².